The molecule has 1 aromatic rings. The van der Waals surface area contributed by atoms with Gasteiger partial charge in [0.15, 0.2) is 0 Å². The average molecular weight is 305 g/mol. The van der Waals surface area contributed by atoms with Crippen molar-refractivity contribution in [2.45, 2.75) is 18.9 Å². The minimum Gasteiger partial charge on any atom is -0.383 e. The standard InChI is InChI=1S/C17H27N3O2/c1-20-11-6-9-15(13-19-17(21)18-10-12-22-2)16(20)14-7-4-3-5-8-14/h3-5,7-8,15-16H,6,9-13H2,1-2H3,(H2,18,19,21)/t15-,16-/m0/s1. The van der Waals surface area contributed by atoms with E-state index in [1.54, 1.807) is 7.11 Å². The van der Waals surface area contributed by atoms with Crippen molar-refractivity contribution in [1.82, 2.24) is 15.5 Å². The first-order valence-electron chi connectivity index (χ1n) is 7.98. The molecule has 22 heavy (non-hydrogen) atoms. The van der Waals surface area contributed by atoms with E-state index in [0.29, 0.717) is 31.7 Å². The molecular formula is C17H27N3O2. The third-order valence-corrected chi connectivity index (χ3v) is 4.26. The third-order valence-electron chi connectivity index (χ3n) is 4.26. The Morgan fingerprint density at radius 1 is 1.32 bits per heavy atom. The second kappa shape index (κ2) is 8.76. The summed E-state index contributed by atoms with van der Waals surface area (Å²) in [6.45, 7) is 2.88. The molecule has 0 unspecified atom stereocenters. The van der Waals surface area contributed by atoms with E-state index in [2.05, 4.69) is 46.8 Å². The average Bonchev–Trinajstić information content (AvgIpc) is 2.54. The van der Waals surface area contributed by atoms with Crippen LogP contribution in [0.25, 0.3) is 0 Å². The van der Waals surface area contributed by atoms with E-state index in [-0.39, 0.29) is 6.03 Å². The second-order valence-corrected chi connectivity index (χ2v) is 5.87. The smallest absolute Gasteiger partial charge is 0.314 e. The first kappa shape index (κ1) is 16.8. The summed E-state index contributed by atoms with van der Waals surface area (Å²) < 4.78 is 4.93. The van der Waals surface area contributed by atoms with E-state index in [1.807, 2.05) is 6.07 Å². The molecule has 5 nitrogen and oxygen atoms in total. The van der Waals surface area contributed by atoms with Gasteiger partial charge in [0.1, 0.15) is 0 Å². The molecule has 2 amide bonds. The molecule has 1 aromatic carbocycles. The minimum absolute atomic E-state index is 0.114. The number of nitrogens with one attached hydrogen (secondary N) is 2. The Bertz CT molecular complexity index is 452. The minimum atomic E-state index is -0.114. The first-order chi connectivity index (χ1) is 10.7. The van der Waals surface area contributed by atoms with Crippen molar-refractivity contribution in [3.8, 4) is 0 Å². The molecule has 0 aliphatic carbocycles. The SMILES string of the molecule is COCCNC(=O)NC[C@@H]1CCCN(C)[C@H]1c1ccccc1. The lowest BCUT2D eigenvalue weighted by atomic mass is 9.85. The van der Waals surface area contributed by atoms with Gasteiger partial charge in [0.25, 0.3) is 0 Å². The van der Waals surface area contributed by atoms with Gasteiger partial charge in [-0.05, 0) is 37.9 Å². The number of rotatable bonds is 6. The predicted molar refractivity (Wildman–Crippen MR) is 87.8 cm³/mol. The highest BCUT2D eigenvalue weighted by atomic mass is 16.5. The van der Waals surface area contributed by atoms with Crippen LogP contribution in [0.4, 0.5) is 4.79 Å². The van der Waals surface area contributed by atoms with Gasteiger partial charge in [-0.1, -0.05) is 30.3 Å². The summed E-state index contributed by atoms with van der Waals surface area (Å²) in [5.74, 6) is 0.439. The summed E-state index contributed by atoms with van der Waals surface area (Å²) in [5.41, 5.74) is 1.33. The van der Waals surface area contributed by atoms with Crippen LogP contribution >= 0.6 is 0 Å². The van der Waals surface area contributed by atoms with Crippen LogP contribution in [0, 0.1) is 5.92 Å². The molecule has 1 heterocycles. The molecule has 2 rings (SSSR count). The van der Waals surface area contributed by atoms with Crippen LogP contribution in [-0.2, 0) is 4.74 Å². The fourth-order valence-electron chi connectivity index (χ4n) is 3.20. The van der Waals surface area contributed by atoms with Crippen LogP contribution in [-0.4, -0.2) is 51.3 Å². The van der Waals surface area contributed by atoms with E-state index in [0.717, 1.165) is 13.0 Å². The lowest BCUT2D eigenvalue weighted by molar-refractivity contribution is 0.120. The monoisotopic (exact) mass is 305 g/mol. The number of carbonyl (C=O) groups excluding carboxylic acids is 1. The molecule has 2 atom stereocenters. The maximum Gasteiger partial charge on any atom is 0.314 e. The Labute approximate surface area is 133 Å². The Hall–Kier alpha value is -1.59. The molecule has 0 bridgehead atoms. The van der Waals surface area contributed by atoms with Crippen molar-refractivity contribution in [3.05, 3.63) is 35.9 Å². The molecule has 1 aliphatic heterocycles. The molecular weight excluding hydrogens is 278 g/mol. The van der Waals surface area contributed by atoms with Crippen LogP contribution in [0.15, 0.2) is 30.3 Å². The lowest BCUT2D eigenvalue weighted by Crippen LogP contribution is -2.44. The van der Waals surface area contributed by atoms with Crippen molar-refractivity contribution in [2.75, 3.05) is 40.4 Å². The van der Waals surface area contributed by atoms with Crippen LogP contribution in [0.5, 0.6) is 0 Å². The van der Waals surface area contributed by atoms with Crippen molar-refractivity contribution in [3.63, 3.8) is 0 Å². The fourth-order valence-corrected chi connectivity index (χ4v) is 3.20. The third kappa shape index (κ3) is 4.71. The number of hydrogen-bond donors (Lipinski definition) is 2. The summed E-state index contributed by atoms with van der Waals surface area (Å²) in [7, 11) is 3.80. The maximum absolute atomic E-state index is 11.8. The number of nitrogens with zero attached hydrogens (tertiary/aromatic N) is 1. The number of urea groups is 1. The molecule has 0 radical (unpaired) electrons. The van der Waals surface area contributed by atoms with E-state index in [1.165, 1.54) is 12.0 Å². The van der Waals surface area contributed by atoms with E-state index < -0.39 is 0 Å². The van der Waals surface area contributed by atoms with Crippen LogP contribution in [0.2, 0.25) is 0 Å². The lowest BCUT2D eigenvalue weighted by Gasteiger charge is -2.39. The van der Waals surface area contributed by atoms with Crippen molar-refractivity contribution >= 4 is 6.03 Å². The zero-order valence-electron chi connectivity index (χ0n) is 13.5. The van der Waals surface area contributed by atoms with Gasteiger partial charge in [-0.3, -0.25) is 4.90 Å². The highest BCUT2D eigenvalue weighted by molar-refractivity contribution is 5.73. The van der Waals surface area contributed by atoms with Crippen molar-refractivity contribution in [1.29, 1.82) is 0 Å². The Kier molecular flexibility index (Phi) is 6.68. The van der Waals surface area contributed by atoms with Gasteiger partial charge in [0, 0.05) is 26.2 Å². The zero-order chi connectivity index (χ0) is 15.8. The number of methoxy groups -OCH3 is 1. The first-order valence-corrected chi connectivity index (χ1v) is 7.98. The number of likely N-dealkylation sites (tertiary alicyclic amines) is 1. The molecule has 2 N–H and O–H groups in total. The number of benzene rings is 1. The largest absolute Gasteiger partial charge is 0.383 e. The Morgan fingerprint density at radius 3 is 2.82 bits per heavy atom. The van der Waals surface area contributed by atoms with E-state index in [9.17, 15) is 4.79 Å². The van der Waals surface area contributed by atoms with Crippen molar-refractivity contribution < 1.29 is 9.53 Å². The maximum atomic E-state index is 11.8. The highest BCUT2D eigenvalue weighted by Gasteiger charge is 2.30. The second-order valence-electron chi connectivity index (χ2n) is 5.87. The van der Waals surface area contributed by atoms with E-state index in [4.69, 9.17) is 4.74 Å². The Balaban J connectivity index is 1.91. The zero-order valence-corrected chi connectivity index (χ0v) is 13.5. The number of piperidine rings is 1. The molecule has 0 saturated carbocycles. The number of carbonyl (C=O) groups is 1. The topological polar surface area (TPSA) is 53.6 Å². The van der Waals surface area contributed by atoms with Gasteiger partial charge < -0.3 is 15.4 Å². The van der Waals surface area contributed by atoms with Crippen LogP contribution < -0.4 is 10.6 Å². The quantitative estimate of drug-likeness (QED) is 0.791. The van der Waals surface area contributed by atoms with Gasteiger partial charge >= 0.3 is 6.03 Å². The van der Waals surface area contributed by atoms with E-state index >= 15 is 0 Å². The summed E-state index contributed by atoms with van der Waals surface area (Å²) in [6, 6.07) is 10.8. The van der Waals surface area contributed by atoms with Crippen LogP contribution in [0.1, 0.15) is 24.4 Å². The van der Waals surface area contributed by atoms with Gasteiger partial charge in [-0.2, -0.15) is 0 Å². The number of hydrogen-bond acceptors (Lipinski definition) is 3. The van der Waals surface area contributed by atoms with Gasteiger partial charge in [0.05, 0.1) is 6.61 Å². The summed E-state index contributed by atoms with van der Waals surface area (Å²) >= 11 is 0. The normalized spacial score (nSPS) is 22.3. The number of amides is 2. The summed E-state index contributed by atoms with van der Waals surface area (Å²) in [4.78, 5) is 14.2. The molecule has 1 fully saturated rings. The van der Waals surface area contributed by atoms with Gasteiger partial charge in [-0.25, -0.2) is 4.79 Å². The highest BCUT2D eigenvalue weighted by Crippen LogP contribution is 2.34. The molecule has 1 aliphatic rings. The molecule has 1 saturated heterocycles. The Morgan fingerprint density at radius 2 is 2.09 bits per heavy atom. The summed E-state index contributed by atoms with van der Waals surface area (Å²) in [6.07, 6.45) is 2.32. The van der Waals surface area contributed by atoms with Crippen LogP contribution in [0.3, 0.4) is 0 Å². The fraction of sp³-hybridized carbons (Fsp3) is 0.588. The molecule has 0 spiro atoms. The summed E-state index contributed by atoms with van der Waals surface area (Å²) in [5, 5.41) is 5.80. The van der Waals surface area contributed by atoms with Gasteiger partial charge in [0.2, 0.25) is 0 Å². The molecule has 5 heteroatoms. The van der Waals surface area contributed by atoms with Crippen molar-refractivity contribution in [2.24, 2.45) is 5.92 Å². The van der Waals surface area contributed by atoms with Gasteiger partial charge in [-0.15, -0.1) is 0 Å². The number of ether oxygens (including phenoxy) is 1. The molecule has 0 aromatic heterocycles. The molecule has 122 valence electrons. The predicted octanol–water partition coefficient (Wildman–Crippen LogP) is 2.02.